The van der Waals surface area contributed by atoms with Gasteiger partial charge >= 0.3 is 5.69 Å². The topological polar surface area (TPSA) is 81.0 Å². The van der Waals surface area contributed by atoms with E-state index in [1.165, 1.54) is 4.57 Å². The number of aromatic nitrogens is 3. The van der Waals surface area contributed by atoms with E-state index in [0.717, 1.165) is 38.8 Å². The zero-order valence-electron chi connectivity index (χ0n) is 19.1. The van der Waals surface area contributed by atoms with E-state index in [-0.39, 0.29) is 24.1 Å². The van der Waals surface area contributed by atoms with Gasteiger partial charge in [-0.15, -0.1) is 0 Å². The molecule has 0 aliphatic rings. The predicted octanol–water partition coefficient (Wildman–Crippen LogP) is 3.78. The van der Waals surface area contributed by atoms with Crippen LogP contribution in [0.2, 0.25) is 0 Å². The number of carbonyl (C=O) groups is 1. The molecule has 7 heteroatoms. The number of methoxy groups -OCH3 is 1. The Morgan fingerprint density at radius 3 is 2.47 bits per heavy atom. The number of fused-ring (bicyclic) bond motifs is 2. The lowest BCUT2D eigenvalue weighted by molar-refractivity contribution is -0.121. The number of H-pyrrole nitrogens is 1. The first-order valence-electron chi connectivity index (χ1n) is 11.2. The number of nitrogens with zero attached hydrogens (tertiary/aromatic N) is 2. The van der Waals surface area contributed by atoms with Crippen LogP contribution in [0.1, 0.15) is 17.0 Å². The van der Waals surface area contributed by atoms with Crippen LogP contribution in [0.4, 0.5) is 0 Å². The number of imidazole rings is 1. The first kappa shape index (κ1) is 21.6. The number of hydrogen-bond acceptors (Lipinski definition) is 3. The summed E-state index contributed by atoms with van der Waals surface area (Å²) in [5, 5.41) is 4.17. The molecule has 0 aliphatic carbocycles. The quantitative estimate of drug-likeness (QED) is 0.393. The molecule has 2 heterocycles. The second kappa shape index (κ2) is 8.94. The molecule has 3 aromatic carbocycles. The monoisotopic (exact) mass is 454 g/mol. The van der Waals surface area contributed by atoms with Crippen LogP contribution in [0.25, 0.3) is 21.9 Å². The SMILES string of the molecule is COc1ccc(C(CNC(=O)Cn2c(=O)n(C)c3ccccc32)c2c[nH]c3ccccc23)cc1. The molecule has 7 nitrogen and oxygen atoms in total. The summed E-state index contributed by atoms with van der Waals surface area (Å²) in [6, 6.07) is 23.5. The highest BCUT2D eigenvalue weighted by Gasteiger charge is 2.20. The number of carbonyl (C=O) groups excluding carboxylic acids is 1. The molecule has 5 aromatic rings. The maximum Gasteiger partial charge on any atom is 0.329 e. The van der Waals surface area contributed by atoms with Crippen molar-refractivity contribution in [2.24, 2.45) is 7.05 Å². The Kier molecular flexibility index (Phi) is 5.67. The number of aryl methyl sites for hydroxylation is 1. The minimum atomic E-state index is -0.211. The van der Waals surface area contributed by atoms with E-state index >= 15 is 0 Å². The molecule has 2 aromatic heterocycles. The third-order valence-corrected chi connectivity index (χ3v) is 6.37. The van der Waals surface area contributed by atoms with Gasteiger partial charge in [-0.25, -0.2) is 4.79 Å². The molecular formula is C27H26N4O3. The van der Waals surface area contributed by atoms with Gasteiger partial charge in [-0.05, 0) is 41.5 Å². The van der Waals surface area contributed by atoms with Crippen molar-refractivity contribution in [1.82, 2.24) is 19.4 Å². The van der Waals surface area contributed by atoms with Crippen LogP contribution in [0.15, 0.2) is 83.8 Å². The van der Waals surface area contributed by atoms with Crippen molar-refractivity contribution < 1.29 is 9.53 Å². The summed E-state index contributed by atoms with van der Waals surface area (Å²) in [6.07, 6.45) is 2.00. The lowest BCUT2D eigenvalue weighted by Crippen LogP contribution is -2.35. The van der Waals surface area contributed by atoms with Gasteiger partial charge < -0.3 is 15.0 Å². The molecule has 0 radical (unpaired) electrons. The number of benzene rings is 3. The number of amides is 1. The van der Waals surface area contributed by atoms with E-state index in [9.17, 15) is 9.59 Å². The smallest absolute Gasteiger partial charge is 0.329 e. The standard InChI is InChI=1S/C27H26N4O3/c1-30-24-9-5-6-10-25(24)31(27(30)33)17-26(32)29-15-21(18-11-13-19(34-2)14-12-18)22-16-28-23-8-4-3-7-20(22)23/h3-14,16,21,28H,15,17H2,1-2H3,(H,29,32). The Morgan fingerprint density at radius 1 is 1.00 bits per heavy atom. The normalized spacial score (nSPS) is 12.2. The molecule has 0 spiro atoms. The van der Waals surface area contributed by atoms with Crippen LogP contribution in [-0.4, -0.2) is 33.7 Å². The van der Waals surface area contributed by atoms with Gasteiger partial charge in [0, 0.05) is 36.6 Å². The summed E-state index contributed by atoms with van der Waals surface area (Å²) in [4.78, 5) is 29.0. The highest BCUT2D eigenvalue weighted by atomic mass is 16.5. The highest BCUT2D eigenvalue weighted by molar-refractivity contribution is 5.85. The molecule has 5 rings (SSSR count). The van der Waals surface area contributed by atoms with Crippen molar-refractivity contribution in [1.29, 1.82) is 0 Å². The van der Waals surface area contributed by atoms with Crippen LogP contribution in [0.3, 0.4) is 0 Å². The maximum absolute atomic E-state index is 13.0. The summed E-state index contributed by atoms with van der Waals surface area (Å²) >= 11 is 0. The third kappa shape index (κ3) is 3.85. The average molecular weight is 455 g/mol. The van der Waals surface area contributed by atoms with Crippen molar-refractivity contribution in [3.63, 3.8) is 0 Å². The Labute approximate surface area is 196 Å². The minimum Gasteiger partial charge on any atom is -0.497 e. The molecule has 0 saturated heterocycles. The van der Waals surface area contributed by atoms with E-state index < -0.39 is 0 Å². The maximum atomic E-state index is 13.0. The number of para-hydroxylation sites is 3. The second-order valence-corrected chi connectivity index (χ2v) is 8.34. The number of rotatable bonds is 7. The summed E-state index contributed by atoms with van der Waals surface area (Å²) in [5.41, 5.74) is 4.55. The Balaban J connectivity index is 1.42. The first-order chi connectivity index (χ1) is 16.6. The van der Waals surface area contributed by atoms with Crippen molar-refractivity contribution in [2.75, 3.05) is 13.7 Å². The van der Waals surface area contributed by atoms with Gasteiger partial charge in [-0.3, -0.25) is 13.9 Å². The van der Waals surface area contributed by atoms with Gasteiger partial charge in [0.05, 0.1) is 18.1 Å². The van der Waals surface area contributed by atoms with E-state index in [1.807, 2.05) is 72.9 Å². The molecule has 0 aliphatic heterocycles. The molecule has 1 amide bonds. The average Bonchev–Trinajstić information content (AvgIpc) is 3.40. The molecule has 2 N–H and O–H groups in total. The van der Waals surface area contributed by atoms with Gasteiger partial charge in [-0.2, -0.15) is 0 Å². The largest absolute Gasteiger partial charge is 0.497 e. The number of ether oxygens (including phenoxy) is 1. The van der Waals surface area contributed by atoms with Gasteiger partial charge in [0.25, 0.3) is 0 Å². The molecule has 34 heavy (non-hydrogen) atoms. The molecular weight excluding hydrogens is 428 g/mol. The lowest BCUT2D eigenvalue weighted by Gasteiger charge is -2.19. The van der Waals surface area contributed by atoms with Gasteiger partial charge in [0.15, 0.2) is 0 Å². The Morgan fingerprint density at radius 2 is 1.71 bits per heavy atom. The highest BCUT2D eigenvalue weighted by Crippen LogP contribution is 2.31. The van der Waals surface area contributed by atoms with Crippen molar-refractivity contribution in [2.45, 2.75) is 12.5 Å². The van der Waals surface area contributed by atoms with E-state index in [4.69, 9.17) is 4.74 Å². The number of nitrogens with one attached hydrogen (secondary N) is 2. The van der Waals surface area contributed by atoms with Crippen LogP contribution in [0.5, 0.6) is 5.75 Å². The fraction of sp³-hybridized carbons (Fsp3) is 0.185. The van der Waals surface area contributed by atoms with Gasteiger partial charge in [0.1, 0.15) is 12.3 Å². The fourth-order valence-corrected chi connectivity index (χ4v) is 4.56. The summed E-state index contributed by atoms with van der Waals surface area (Å²) < 4.78 is 8.39. The van der Waals surface area contributed by atoms with Crippen LogP contribution < -0.4 is 15.7 Å². The zero-order chi connectivity index (χ0) is 23.7. The van der Waals surface area contributed by atoms with E-state index in [0.29, 0.717) is 6.54 Å². The third-order valence-electron chi connectivity index (χ3n) is 6.37. The van der Waals surface area contributed by atoms with Gasteiger partial charge in [-0.1, -0.05) is 42.5 Å². The molecule has 1 unspecified atom stereocenters. The lowest BCUT2D eigenvalue weighted by atomic mass is 9.91. The molecule has 0 fully saturated rings. The zero-order valence-corrected chi connectivity index (χ0v) is 19.1. The summed E-state index contributed by atoms with van der Waals surface area (Å²) in [6.45, 7) is 0.357. The molecule has 0 saturated carbocycles. The number of hydrogen-bond donors (Lipinski definition) is 2. The van der Waals surface area contributed by atoms with E-state index in [1.54, 1.807) is 18.7 Å². The van der Waals surface area contributed by atoms with E-state index in [2.05, 4.69) is 16.4 Å². The number of aromatic amines is 1. The first-order valence-corrected chi connectivity index (χ1v) is 11.2. The molecule has 1 atom stereocenters. The minimum absolute atomic E-state index is 0.0383. The van der Waals surface area contributed by atoms with Crippen molar-refractivity contribution in [3.05, 3.63) is 101 Å². The van der Waals surface area contributed by atoms with Crippen LogP contribution in [0, 0.1) is 0 Å². The van der Waals surface area contributed by atoms with Gasteiger partial charge in [0.2, 0.25) is 5.91 Å². The summed E-state index contributed by atoms with van der Waals surface area (Å²) in [5.74, 6) is 0.493. The predicted molar refractivity (Wildman–Crippen MR) is 133 cm³/mol. The molecule has 172 valence electrons. The summed E-state index contributed by atoms with van der Waals surface area (Å²) in [7, 11) is 3.36. The second-order valence-electron chi connectivity index (χ2n) is 8.34. The Hall–Kier alpha value is -4.26. The molecule has 0 bridgehead atoms. The Bertz CT molecular complexity index is 1530. The van der Waals surface area contributed by atoms with Crippen molar-refractivity contribution >= 4 is 27.8 Å². The van der Waals surface area contributed by atoms with Crippen molar-refractivity contribution in [3.8, 4) is 5.75 Å². The van der Waals surface area contributed by atoms with Crippen LogP contribution in [-0.2, 0) is 18.4 Å². The van der Waals surface area contributed by atoms with Crippen LogP contribution >= 0.6 is 0 Å². The fourth-order valence-electron chi connectivity index (χ4n) is 4.56.